The molecule has 1 N–H and O–H groups in total. The van der Waals surface area contributed by atoms with E-state index in [1.54, 1.807) is 0 Å². The molecule has 1 fully saturated rings. The largest absolute Gasteiger partial charge is 0.466 e. The number of hydrogen-bond donors (Lipinski definition) is 1. The molecule has 1 aromatic carbocycles. The van der Waals surface area contributed by atoms with Crippen molar-refractivity contribution in [3.8, 4) is 0 Å². The lowest BCUT2D eigenvalue weighted by Gasteiger charge is -2.30. The fourth-order valence-electron chi connectivity index (χ4n) is 2.45. The molecule has 1 aliphatic rings. The second-order valence-corrected chi connectivity index (χ2v) is 4.37. The zero-order chi connectivity index (χ0) is 12.1. The molecule has 3 nitrogen and oxygen atoms in total. The highest BCUT2D eigenvalue weighted by atomic mass is 16.5. The Kier molecular flexibility index (Phi) is 4.15. The number of rotatable bonds is 3. The first-order chi connectivity index (χ1) is 8.33. The van der Waals surface area contributed by atoms with E-state index in [1.165, 1.54) is 5.56 Å². The monoisotopic (exact) mass is 233 g/mol. The molecule has 1 aliphatic heterocycles. The maximum atomic E-state index is 11.9. The third kappa shape index (κ3) is 2.86. The van der Waals surface area contributed by atoms with Crippen molar-refractivity contribution >= 4 is 5.97 Å². The van der Waals surface area contributed by atoms with Gasteiger partial charge in [0.15, 0.2) is 0 Å². The molecule has 92 valence electrons. The maximum Gasteiger partial charge on any atom is 0.310 e. The summed E-state index contributed by atoms with van der Waals surface area (Å²) in [6, 6.07) is 10.3. The highest BCUT2D eigenvalue weighted by Gasteiger charge is 2.32. The van der Waals surface area contributed by atoms with Gasteiger partial charge in [0.2, 0.25) is 0 Å². The SMILES string of the molecule is CCOC(=O)[C@@H]1CNCC[C@H]1c1ccccc1. The van der Waals surface area contributed by atoms with E-state index in [9.17, 15) is 4.79 Å². The Bertz CT molecular complexity index is 364. The molecule has 2 rings (SSSR count). The summed E-state index contributed by atoms with van der Waals surface area (Å²) in [5, 5.41) is 3.27. The van der Waals surface area contributed by atoms with Gasteiger partial charge in [0.1, 0.15) is 0 Å². The van der Waals surface area contributed by atoms with Crippen LogP contribution in [-0.2, 0) is 9.53 Å². The number of carbonyl (C=O) groups is 1. The van der Waals surface area contributed by atoms with E-state index in [4.69, 9.17) is 4.74 Å². The molecule has 2 atom stereocenters. The quantitative estimate of drug-likeness (QED) is 0.811. The van der Waals surface area contributed by atoms with Crippen molar-refractivity contribution in [2.75, 3.05) is 19.7 Å². The van der Waals surface area contributed by atoms with Gasteiger partial charge in [0.25, 0.3) is 0 Å². The summed E-state index contributed by atoms with van der Waals surface area (Å²) in [6.07, 6.45) is 0.994. The Morgan fingerprint density at radius 3 is 2.88 bits per heavy atom. The molecule has 0 saturated carbocycles. The average molecular weight is 233 g/mol. The van der Waals surface area contributed by atoms with Crippen molar-refractivity contribution in [2.45, 2.75) is 19.3 Å². The summed E-state index contributed by atoms with van der Waals surface area (Å²) in [5.74, 6) is 0.163. The van der Waals surface area contributed by atoms with Crippen LogP contribution in [0.5, 0.6) is 0 Å². The van der Waals surface area contributed by atoms with Crippen LogP contribution in [0.2, 0.25) is 0 Å². The van der Waals surface area contributed by atoms with E-state index in [1.807, 2.05) is 25.1 Å². The van der Waals surface area contributed by atoms with Crippen LogP contribution < -0.4 is 5.32 Å². The predicted octanol–water partition coefficient (Wildman–Crippen LogP) is 1.94. The van der Waals surface area contributed by atoms with Crippen LogP contribution in [0.15, 0.2) is 30.3 Å². The molecule has 17 heavy (non-hydrogen) atoms. The number of benzene rings is 1. The van der Waals surface area contributed by atoms with E-state index >= 15 is 0 Å². The summed E-state index contributed by atoms with van der Waals surface area (Å²) in [4.78, 5) is 11.9. The highest BCUT2D eigenvalue weighted by molar-refractivity contribution is 5.74. The van der Waals surface area contributed by atoms with Crippen molar-refractivity contribution < 1.29 is 9.53 Å². The fraction of sp³-hybridized carbons (Fsp3) is 0.500. The van der Waals surface area contributed by atoms with Crippen LogP contribution in [0.25, 0.3) is 0 Å². The first-order valence-electron chi connectivity index (χ1n) is 6.25. The van der Waals surface area contributed by atoms with Gasteiger partial charge in [0, 0.05) is 6.54 Å². The van der Waals surface area contributed by atoms with Gasteiger partial charge in [-0.15, -0.1) is 0 Å². The zero-order valence-corrected chi connectivity index (χ0v) is 10.2. The second-order valence-electron chi connectivity index (χ2n) is 4.37. The number of nitrogens with one attached hydrogen (secondary N) is 1. The number of piperidine rings is 1. The van der Waals surface area contributed by atoms with E-state index in [-0.39, 0.29) is 17.8 Å². The van der Waals surface area contributed by atoms with E-state index < -0.39 is 0 Å². The summed E-state index contributed by atoms with van der Waals surface area (Å²) < 4.78 is 5.15. The average Bonchev–Trinajstić information content (AvgIpc) is 2.40. The number of hydrogen-bond acceptors (Lipinski definition) is 3. The maximum absolute atomic E-state index is 11.9. The number of carbonyl (C=O) groups excluding carboxylic acids is 1. The first-order valence-corrected chi connectivity index (χ1v) is 6.25. The summed E-state index contributed by atoms with van der Waals surface area (Å²) >= 11 is 0. The van der Waals surface area contributed by atoms with Crippen molar-refractivity contribution in [1.82, 2.24) is 5.32 Å². The molecule has 0 aliphatic carbocycles. The predicted molar refractivity (Wildman–Crippen MR) is 66.8 cm³/mol. The van der Waals surface area contributed by atoms with Crippen LogP contribution in [-0.4, -0.2) is 25.7 Å². The molecule has 0 bridgehead atoms. The lowest BCUT2D eigenvalue weighted by molar-refractivity contribution is -0.149. The minimum atomic E-state index is -0.0754. The lowest BCUT2D eigenvalue weighted by atomic mass is 9.81. The van der Waals surface area contributed by atoms with Gasteiger partial charge in [-0.2, -0.15) is 0 Å². The molecule has 1 saturated heterocycles. The van der Waals surface area contributed by atoms with Crippen molar-refractivity contribution in [3.05, 3.63) is 35.9 Å². The summed E-state index contributed by atoms with van der Waals surface area (Å²) in [7, 11) is 0. The van der Waals surface area contributed by atoms with Crippen LogP contribution in [0.4, 0.5) is 0 Å². The van der Waals surface area contributed by atoms with Gasteiger partial charge >= 0.3 is 5.97 Å². The van der Waals surface area contributed by atoms with Crippen LogP contribution in [0, 0.1) is 5.92 Å². The van der Waals surface area contributed by atoms with Gasteiger partial charge < -0.3 is 10.1 Å². The first kappa shape index (κ1) is 12.1. The molecule has 0 spiro atoms. The van der Waals surface area contributed by atoms with Gasteiger partial charge in [-0.1, -0.05) is 30.3 Å². The minimum absolute atomic E-state index is 0.0499. The Labute approximate surface area is 102 Å². The molecular formula is C14H19NO2. The molecule has 0 amide bonds. The number of ether oxygens (including phenoxy) is 1. The van der Waals surface area contributed by atoms with Crippen molar-refractivity contribution in [1.29, 1.82) is 0 Å². The second kappa shape index (κ2) is 5.82. The van der Waals surface area contributed by atoms with Crippen LogP contribution >= 0.6 is 0 Å². The fourth-order valence-corrected chi connectivity index (χ4v) is 2.45. The smallest absolute Gasteiger partial charge is 0.310 e. The zero-order valence-electron chi connectivity index (χ0n) is 10.2. The summed E-state index contributed by atoms with van der Waals surface area (Å²) in [5.41, 5.74) is 1.24. The Morgan fingerprint density at radius 2 is 2.18 bits per heavy atom. The molecule has 0 unspecified atom stereocenters. The topological polar surface area (TPSA) is 38.3 Å². The minimum Gasteiger partial charge on any atom is -0.466 e. The molecule has 1 heterocycles. The van der Waals surface area contributed by atoms with Gasteiger partial charge in [0.05, 0.1) is 12.5 Å². The van der Waals surface area contributed by atoms with E-state index in [0.717, 1.165) is 19.5 Å². The number of esters is 1. The highest BCUT2D eigenvalue weighted by Crippen LogP contribution is 2.30. The third-order valence-electron chi connectivity index (χ3n) is 3.30. The Balaban J connectivity index is 2.15. The molecule has 1 aromatic rings. The van der Waals surface area contributed by atoms with E-state index in [2.05, 4.69) is 17.4 Å². The van der Waals surface area contributed by atoms with Crippen molar-refractivity contribution in [3.63, 3.8) is 0 Å². The van der Waals surface area contributed by atoms with Gasteiger partial charge in [-0.3, -0.25) is 4.79 Å². The molecule has 0 aromatic heterocycles. The summed E-state index contributed by atoms with van der Waals surface area (Å²) in [6.45, 7) is 4.00. The molecule has 3 heteroatoms. The van der Waals surface area contributed by atoms with Gasteiger partial charge in [-0.05, 0) is 31.4 Å². The normalized spacial score (nSPS) is 24.3. The van der Waals surface area contributed by atoms with Crippen LogP contribution in [0.3, 0.4) is 0 Å². The standard InChI is InChI=1S/C14H19NO2/c1-2-17-14(16)13-10-15-9-8-12(13)11-6-4-3-5-7-11/h3-7,12-13,15H,2,8-10H2,1H3/t12-,13+/m0/s1. The third-order valence-corrected chi connectivity index (χ3v) is 3.30. The molecule has 0 radical (unpaired) electrons. The van der Waals surface area contributed by atoms with Crippen LogP contribution in [0.1, 0.15) is 24.8 Å². The van der Waals surface area contributed by atoms with Crippen molar-refractivity contribution in [2.24, 2.45) is 5.92 Å². The Morgan fingerprint density at radius 1 is 1.41 bits per heavy atom. The lowest BCUT2D eigenvalue weighted by Crippen LogP contribution is -2.40. The molecular weight excluding hydrogens is 214 g/mol. The van der Waals surface area contributed by atoms with E-state index in [0.29, 0.717) is 6.61 Å². The van der Waals surface area contributed by atoms with Gasteiger partial charge in [-0.25, -0.2) is 0 Å². The Hall–Kier alpha value is -1.35.